The van der Waals surface area contributed by atoms with E-state index < -0.39 is 29.9 Å². The molecule has 0 bridgehead atoms. The van der Waals surface area contributed by atoms with Gasteiger partial charge in [-0.2, -0.15) is 0 Å². The highest BCUT2D eigenvalue weighted by Crippen LogP contribution is 2.19. The molecule has 0 aromatic heterocycles. The van der Waals surface area contributed by atoms with Gasteiger partial charge in [0.15, 0.2) is 5.12 Å². The van der Waals surface area contributed by atoms with Crippen molar-refractivity contribution in [2.75, 3.05) is 12.4 Å². The second-order valence-electron chi connectivity index (χ2n) is 9.92. The number of ether oxygens (including phenoxy) is 1. The van der Waals surface area contributed by atoms with Gasteiger partial charge in [0.2, 0.25) is 5.91 Å². The molecule has 220 valence electrons. The van der Waals surface area contributed by atoms with Crippen molar-refractivity contribution in [3.63, 3.8) is 0 Å². The smallest absolute Gasteiger partial charge is 0.329 e. The Morgan fingerprint density at radius 2 is 1.16 bits per heavy atom. The van der Waals surface area contributed by atoms with Crippen LogP contribution in [0.4, 0.5) is 0 Å². The molecule has 7 nitrogen and oxygen atoms in total. The highest BCUT2D eigenvalue weighted by molar-refractivity contribution is 8.13. The first kappa shape index (κ1) is 31.3. The van der Waals surface area contributed by atoms with Gasteiger partial charge in [-0.25, -0.2) is 4.79 Å². The highest BCUT2D eigenvalue weighted by atomic mass is 32.2. The van der Waals surface area contributed by atoms with E-state index in [1.807, 2.05) is 103 Å². The average molecular weight is 595 g/mol. The first-order valence-electron chi connectivity index (χ1n) is 14.0. The van der Waals surface area contributed by atoms with Crippen LogP contribution in [-0.2, 0) is 32.0 Å². The molecule has 0 aliphatic carbocycles. The normalized spacial score (nSPS) is 12.0. The highest BCUT2D eigenvalue weighted by Gasteiger charge is 2.28. The number of thioether (sulfide) groups is 1. The van der Waals surface area contributed by atoms with Crippen LogP contribution in [0.5, 0.6) is 0 Å². The minimum absolute atomic E-state index is 0.0351. The number of hydrogen-bond acceptors (Lipinski definition) is 6. The van der Waals surface area contributed by atoms with Crippen LogP contribution in [0, 0.1) is 0 Å². The van der Waals surface area contributed by atoms with Crippen molar-refractivity contribution in [3.8, 4) is 11.1 Å². The summed E-state index contributed by atoms with van der Waals surface area (Å²) in [6.45, 7) is 1.48. The van der Waals surface area contributed by atoms with Crippen molar-refractivity contribution in [1.82, 2.24) is 10.6 Å². The molecule has 2 atom stereocenters. The molecule has 4 rings (SSSR count). The third-order valence-corrected chi connectivity index (χ3v) is 7.45. The first-order valence-corrected chi connectivity index (χ1v) is 15.0. The maximum Gasteiger partial charge on any atom is 0.329 e. The number of carbonyl (C=O) groups excluding carboxylic acids is 4. The minimum atomic E-state index is -0.988. The number of esters is 1. The number of nitrogens with one attached hydrogen (secondary N) is 2. The monoisotopic (exact) mass is 594 g/mol. The van der Waals surface area contributed by atoms with Crippen LogP contribution in [0.25, 0.3) is 11.1 Å². The van der Waals surface area contributed by atoms with Gasteiger partial charge < -0.3 is 15.4 Å². The third-order valence-electron chi connectivity index (χ3n) is 6.68. The lowest BCUT2D eigenvalue weighted by Gasteiger charge is -2.23. The minimum Gasteiger partial charge on any atom is -0.463 e. The van der Waals surface area contributed by atoms with E-state index in [-0.39, 0.29) is 24.6 Å². The SMILES string of the molecule is CC(=O)SCCOC(=O)C(Cc1ccccc1)NC(=O)C(Cc1ccccc1)NC(=O)c1ccc(-c2ccccc2)cc1. The van der Waals surface area contributed by atoms with E-state index in [2.05, 4.69) is 10.6 Å². The molecule has 0 aliphatic rings. The fourth-order valence-electron chi connectivity index (χ4n) is 4.49. The molecule has 2 amide bonds. The molecule has 2 unspecified atom stereocenters. The van der Waals surface area contributed by atoms with Crippen LogP contribution in [0.15, 0.2) is 115 Å². The largest absolute Gasteiger partial charge is 0.463 e. The maximum atomic E-state index is 13.7. The molecule has 2 N–H and O–H groups in total. The van der Waals surface area contributed by atoms with E-state index >= 15 is 0 Å². The van der Waals surface area contributed by atoms with Gasteiger partial charge in [0.1, 0.15) is 18.7 Å². The number of rotatable bonds is 13. The van der Waals surface area contributed by atoms with Crippen LogP contribution < -0.4 is 10.6 Å². The lowest BCUT2D eigenvalue weighted by molar-refractivity contribution is -0.147. The number of amides is 2. The van der Waals surface area contributed by atoms with Crippen molar-refractivity contribution < 1.29 is 23.9 Å². The predicted molar refractivity (Wildman–Crippen MR) is 169 cm³/mol. The van der Waals surface area contributed by atoms with Crippen molar-refractivity contribution in [1.29, 1.82) is 0 Å². The standard InChI is InChI=1S/C35H34N2O5S/c1-25(38)43-22-21-42-35(41)32(24-27-13-7-3-8-14-27)37-34(40)31(23-26-11-5-2-6-12-26)36-33(39)30-19-17-29(18-20-30)28-15-9-4-10-16-28/h2-20,31-32H,21-24H2,1H3,(H,36,39)(H,37,40). The van der Waals surface area contributed by atoms with E-state index in [1.165, 1.54) is 6.92 Å². The van der Waals surface area contributed by atoms with Gasteiger partial charge in [-0.15, -0.1) is 0 Å². The summed E-state index contributed by atoms with van der Waals surface area (Å²) in [6, 6.07) is 33.7. The lowest BCUT2D eigenvalue weighted by atomic mass is 10.0. The summed E-state index contributed by atoms with van der Waals surface area (Å²) in [7, 11) is 0. The number of hydrogen-bond donors (Lipinski definition) is 2. The Hall–Kier alpha value is -4.69. The molecule has 0 spiro atoms. The van der Waals surface area contributed by atoms with Crippen molar-refractivity contribution in [2.45, 2.75) is 31.8 Å². The van der Waals surface area contributed by atoms with Gasteiger partial charge in [-0.1, -0.05) is 115 Å². The van der Waals surface area contributed by atoms with Gasteiger partial charge in [0.05, 0.1) is 0 Å². The summed E-state index contributed by atoms with van der Waals surface area (Å²) in [5, 5.41) is 5.62. The molecule has 0 radical (unpaired) electrons. The topological polar surface area (TPSA) is 102 Å². The third kappa shape index (κ3) is 9.97. The Labute approximate surface area is 256 Å². The second kappa shape index (κ2) is 16.1. The summed E-state index contributed by atoms with van der Waals surface area (Å²) < 4.78 is 5.41. The molecular weight excluding hydrogens is 560 g/mol. The van der Waals surface area contributed by atoms with E-state index in [4.69, 9.17) is 4.74 Å². The zero-order valence-corrected chi connectivity index (χ0v) is 24.7. The van der Waals surface area contributed by atoms with Crippen LogP contribution >= 0.6 is 11.8 Å². The molecule has 0 heterocycles. The summed E-state index contributed by atoms with van der Waals surface area (Å²) >= 11 is 1.06. The van der Waals surface area contributed by atoms with Crippen molar-refractivity contribution in [2.24, 2.45) is 0 Å². The van der Waals surface area contributed by atoms with Gasteiger partial charge in [-0.3, -0.25) is 14.4 Å². The number of carbonyl (C=O) groups is 4. The molecule has 4 aromatic rings. The molecule has 0 saturated carbocycles. The molecule has 8 heteroatoms. The second-order valence-corrected chi connectivity index (χ2v) is 11.2. The maximum absolute atomic E-state index is 13.7. The molecular formula is C35H34N2O5S. The molecule has 0 fully saturated rings. The van der Waals surface area contributed by atoms with E-state index in [9.17, 15) is 19.2 Å². The molecule has 43 heavy (non-hydrogen) atoms. The predicted octanol–water partition coefficient (Wildman–Crippen LogP) is 5.25. The fourth-order valence-corrected chi connectivity index (χ4v) is 4.94. The van der Waals surface area contributed by atoms with Gasteiger partial charge >= 0.3 is 5.97 Å². The Kier molecular flexibility index (Phi) is 11.7. The Balaban J connectivity index is 1.50. The summed E-state index contributed by atoms with van der Waals surface area (Å²) in [6.07, 6.45) is 0.432. The quantitative estimate of drug-likeness (QED) is 0.162. The van der Waals surface area contributed by atoms with E-state index in [1.54, 1.807) is 12.1 Å². The van der Waals surface area contributed by atoms with E-state index in [0.717, 1.165) is 34.0 Å². The van der Waals surface area contributed by atoms with Crippen LogP contribution in [0.2, 0.25) is 0 Å². The number of benzene rings is 4. The van der Waals surface area contributed by atoms with Crippen LogP contribution in [0.3, 0.4) is 0 Å². The average Bonchev–Trinajstić information content (AvgIpc) is 3.03. The molecule has 4 aromatic carbocycles. The molecule has 0 saturated heterocycles. The van der Waals surface area contributed by atoms with Crippen molar-refractivity contribution in [3.05, 3.63) is 132 Å². The lowest BCUT2D eigenvalue weighted by Crippen LogP contribution is -2.53. The van der Waals surface area contributed by atoms with Gasteiger partial charge in [0.25, 0.3) is 5.91 Å². The van der Waals surface area contributed by atoms with Gasteiger partial charge in [-0.05, 0) is 34.4 Å². The Morgan fingerprint density at radius 3 is 1.72 bits per heavy atom. The fraction of sp³-hybridized carbons (Fsp3) is 0.200. The van der Waals surface area contributed by atoms with Crippen molar-refractivity contribution >= 4 is 34.7 Å². The zero-order chi connectivity index (χ0) is 30.4. The van der Waals surface area contributed by atoms with Crippen LogP contribution in [0.1, 0.15) is 28.4 Å². The van der Waals surface area contributed by atoms with Gasteiger partial charge in [0, 0.05) is 31.1 Å². The first-order chi connectivity index (χ1) is 20.9. The summed E-state index contributed by atoms with van der Waals surface area (Å²) in [5.74, 6) is -1.20. The summed E-state index contributed by atoms with van der Waals surface area (Å²) in [4.78, 5) is 51.3. The molecule has 0 aliphatic heterocycles. The summed E-state index contributed by atoms with van der Waals surface area (Å²) in [5.41, 5.74) is 4.11. The van der Waals surface area contributed by atoms with E-state index in [0.29, 0.717) is 11.3 Å². The Bertz CT molecular complexity index is 1500. The van der Waals surface area contributed by atoms with Crippen LogP contribution in [-0.4, -0.2) is 47.3 Å². The Morgan fingerprint density at radius 1 is 0.651 bits per heavy atom. The zero-order valence-electron chi connectivity index (χ0n) is 23.9.